The topological polar surface area (TPSA) is 64.8 Å². The van der Waals surface area contributed by atoms with Gasteiger partial charge in [0.25, 0.3) is 5.56 Å². The van der Waals surface area contributed by atoms with Gasteiger partial charge in [-0.25, -0.2) is 4.68 Å². The van der Waals surface area contributed by atoms with Crippen LogP contribution in [0.1, 0.15) is 15.9 Å². The molecule has 0 atom stereocenters. The predicted octanol–water partition coefficient (Wildman–Crippen LogP) is 1.98. The summed E-state index contributed by atoms with van der Waals surface area (Å²) in [6, 6.07) is 14.2. The molecule has 104 valence electrons. The van der Waals surface area contributed by atoms with Crippen molar-refractivity contribution in [1.29, 1.82) is 0 Å². The second kappa shape index (κ2) is 5.28. The number of rotatable bonds is 3. The number of Topliss-reactive ketones (excluding diaryl/α,β-unsaturated/α-hetero) is 1. The first-order valence-corrected chi connectivity index (χ1v) is 6.57. The first-order valence-electron chi connectivity index (χ1n) is 6.57. The van der Waals surface area contributed by atoms with Gasteiger partial charge < -0.3 is 0 Å². The van der Waals surface area contributed by atoms with Crippen LogP contribution in [-0.4, -0.2) is 20.8 Å². The molecule has 2 aromatic carbocycles. The quantitative estimate of drug-likeness (QED) is 0.688. The summed E-state index contributed by atoms with van der Waals surface area (Å²) in [7, 11) is 0. The van der Waals surface area contributed by atoms with E-state index in [4.69, 9.17) is 0 Å². The minimum atomic E-state index is -0.305. The average molecular weight is 279 g/mol. The van der Waals surface area contributed by atoms with Gasteiger partial charge in [0, 0.05) is 5.56 Å². The minimum absolute atomic E-state index is 0.111. The lowest BCUT2D eigenvalue weighted by Crippen LogP contribution is -2.27. The van der Waals surface area contributed by atoms with Crippen molar-refractivity contribution in [3.05, 3.63) is 70.0 Å². The molecule has 0 aliphatic carbocycles. The van der Waals surface area contributed by atoms with Gasteiger partial charge in [0.15, 0.2) is 5.78 Å². The van der Waals surface area contributed by atoms with E-state index in [0.717, 1.165) is 10.2 Å². The normalized spacial score (nSPS) is 10.7. The fourth-order valence-corrected chi connectivity index (χ4v) is 2.09. The Bertz CT molecular complexity index is 867. The first kappa shape index (κ1) is 13.2. The van der Waals surface area contributed by atoms with Crippen molar-refractivity contribution < 1.29 is 4.79 Å². The maximum Gasteiger partial charge on any atom is 0.278 e. The second-order valence-electron chi connectivity index (χ2n) is 4.86. The van der Waals surface area contributed by atoms with Crippen molar-refractivity contribution in [2.45, 2.75) is 13.5 Å². The maximum atomic E-state index is 12.3. The van der Waals surface area contributed by atoms with Gasteiger partial charge in [-0.2, -0.15) is 0 Å². The SMILES string of the molecule is Cc1ccc(C(=O)Cn2nnc3ccccc3c2=O)cc1. The summed E-state index contributed by atoms with van der Waals surface area (Å²) in [6.07, 6.45) is 0. The Morgan fingerprint density at radius 2 is 1.81 bits per heavy atom. The zero-order valence-corrected chi connectivity index (χ0v) is 11.5. The molecular weight excluding hydrogens is 266 g/mol. The highest BCUT2D eigenvalue weighted by Crippen LogP contribution is 2.06. The first-order chi connectivity index (χ1) is 10.1. The minimum Gasteiger partial charge on any atom is -0.292 e. The summed E-state index contributed by atoms with van der Waals surface area (Å²) in [5.41, 5.74) is 1.86. The molecule has 1 heterocycles. The Morgan fingerprint density at radius 1 is 1.10 bits per heavy atom. The van der Waals surface area contributed by atoms with Crippen LogP contribution in [0.4, 0.5) is 0 Å². The molecule has 0 fully saturated rings. The summed E-state index contributed by atoms with van der Waals surface area (Å²) in [5.74, 6) is -0.165. The molecule has 5 heteroatoms. The molecule has 3 rings (SSSR count). The van der Waals surface area contributed by atoms with Gasteiger partial charge >= 0.3 is 0 Å². The van der Waals surface area contributed by atoms with E-state index in [1.165, 1.54) is 0 Å². The Labute approximate surface area is 120 Å². The lowest BCUT2D eigenvalue weighted by molar-refractivity contribution is 0.0964. The van der Waals surface area contributed by atoms with E-state index in [9.17, 15) is 9.59 Å². The van der Waals surface area contributed by atoms with Gasteiger partial charge in [-0.15, -0.1) is 5.10 Å². The number of hydrogen-bond acceptors (Lipinski definition) is 4. The van der Waals surface area contributed by atoms with Gasteiger partial charge in [-0.05, 0) is 19.1 Å². The maximum absolute atomic E-state index is 12.3. The van der Waals surface area contributed by atoms with E-state index in [-0.39, 0.29) is 17.9 Å². The predicted molar refractivity (Wildman–Crippen MR) is 79.3 cm³/mol. The summed E-state index contributed by atoms with van der Waals surface area (Å²) in [5, 5.41) is 8.25. The van der Waals surface area contributed by atoms with Gasteiger partial charge in [0.1, 0.15) is 12.1 Å². The van der Waals surface area contributed by atoms with Crippen molar-refractivity contribution >= 4 is 16.7 Å². The van der Waals surface area contributed by atoms with Crippen molar-refractivity contribution in [2.75, 3.05) is 0 Å². The number of aromatic nitrogens is 3. The van der Waals surface area contributed by atoms with Gasteiger partial charge in [0.2, 0.25) is 0 Å². The van der Waals surface area contributed by atoms with Crippen molar-refractivity contribution in [3.8, 4) is 0 Å². The standard InChI is InChI=1S/C16H13N3O2/c1-11-6-8-12(9-7-11)15(20)10-19-16(21)13-4-2-3-5-14(13)17-18-19/h2-9H,10H2,1H3. The third-order valence-corrected chi connectivity index (χ3v) is 3.30. The van der Waals surface area contributed by atoms with E-state index in [2.05, 4.69) is 10.3 Å². The smallest absolute Gasteiger partial charge is 0.278 e. The number of ketones is 1. The van der Waals surface area contributed by atoms with E-state index < -0.39 is 0 Å². The van der Waals surface area contributed by atoms with Crippen LogP contribution < -0.4 is 5.56 Å². The highest BCUT2D eigenvalue weighted by atomic mass is 16.1. The molecule has 0 saturated heterocycles. The van der Waals surface area contributed by atoms with E-state index in [1.54, 1.807) is 36.4 Å². The highest BCUT2D eigenvalue weighted by molar-refractivity contribution is 5.95. The summed E-state index contributed by atoms with van der Waals surface area (Å²) < 4.78 is 1.10. The van der Waals surface area contributed by atoms with Crippen molar-refractivity contribution in [3.63, 3.8) is 0 Å². The third kappa shape index (κ3) is 2.58. The zero-order valence-electron chi connectivity index (χ0n) is 11.5. The average Bonchev–Trinajstić information content (AvgIpc) is 2.51. The highest BCUT2D eigenvalue weighted by Gasteiger charge is 2.11. The zero-order chi connectivity index (χ0) is 14.8. The van der Waals surface area contributed by atoms with Crippen LogP contribution in [-0.2, 0) is 6.54 Å². The van der Waals surface area contributed by atoms with Crippen LogP contribution in [0, 0.1) is 6.92 Å². The Hall–Kier alpha value is -2.82. The van der Waals surface area contributed by atoms with Crippen LogP contribution in [0.5, 0.6) is 0 Å². The fraction of sp³-hybridized carbons (Fsp3) is 0.125. The molecule has 0 unspecified atom stereocenters. The number of carbonyl (C=O) groups is 1. The molecule has 5 nitrogen and oxygen atoms in total. The Kier molecular flexibility index (Phi) is 3.31. The number of benzene rings is 2. The van der Waals surface area contributed by atoms with E-state index in [0.29, 0.717) is 16.5 Å². The van der Waals surface area contributed by atoms with Gasteiger partial charge in [-0.3, -0.25) is 9.59 Å². The Balaban J connectivity index is 1.95. The molecule has 3 aromatic rings. The summed E-state index contributed by atoms with van der Waals surface area (Å²) >= 11 is 0. The molecule has 0 spiro atoms. The molecule has 1 aromatic heterocycles. The monoisotopic (exact) mass is 279 g/mol. The molecule has 0 N–H and O–H groups in total. The number of carbonyl (C=O) groups excluding carboxylic acids is 1. The number of nitrogens with zero attached hydrogens (tertiary/aromatic N) is 3. The lowest BCUT2D eigenvalue weighted by atomic mass is 10.1. The molecular formula is C16H13N3O2. The molecule has 0 aliphatic rings. The molecule has 0 radical (unpaired) electrons. The molecule has 0 bridgehead atoms. The Morgan fingerprint density at radius 3 is 2.57 bits per heavy atom. The van der Waals surface area contributed by atoms with E-state index in [1.807, 2.05) is 19.1 Å². The molecule has 0 saturated carbocycles. The third-order valence-electron chi connectivity index (χ3n) is 3.30. The van der Waals surface area contributed by atoms with Crippen LogP contribution in [0.15, 0.2) is 53.3 Å². The number of fused-ring (bicyclic) bond motifs is 1. The summed E-state index contributed by atoms with van der Waals surface area (Å²) in [4.78, 5) is 24.4. The van der Waals surface area contributed by atoms with Crippen LogP contribution in [0.2, 0.25) is 0 Å². The number of aryl methyl sites for hydroxylation is 1. The van der Waals surface area contributed by atoms with Crippen molar-refractivity contribution in [2.24, 2.45) is 0 Å². The number of hydrogen-bond donors (Lipinski definition) is 0. The summed E-state index contributed by atoms with van der Waals surface area (Å²) in [6.45, 7) is 1.84. The van der Waals surface area contributed by atoms with Crippen LogP contribution in [0.25, 0.3) is 10.9 Å². The van der Waals surface area contributed by atoms with E-state index >= 15 is 0 Å². The molecule has 0 aliphatic heterocycles. The van der Waals surface area contributed by atoms with Crippen molar-refractivity contribution in [1.82, 2.24) is 15.0 Å². The van der Waals surface area contributed by atoms with Crippen LogP contribution in [0.3, 0.4) is 0 Å². The molecule has 21 heavy (non-hydrogen) atoms. The van der Waals surface area contributed by atoms with Crippen LogP contribution >= 0.6 is 0 Å². The second-order valence-corrected chi connectivity index (χ2v) is 4.86. The van der Waals surface area contributed by atoms with Gasteiger partial charge in [-0.1, -0.05) is 47.2 Å². The van der Waals surface area contributed by atoms with Gasteiger partial charge in [0.05, 0.1) is 5.39 Å². The fourth-order valence-electron chi connectivity index (χ4n) is 2.09. The largest absolute Gasteiger partial charge is 0.292 e. The lowest BCUT2D eigenvalue weighted by Gasteiger charge is -2.04. The molecule has 0 amide bonds.